The van der Waals surface area contributed by atoms with Crippen molar-refractivity contribution in [2.24, 2.45) is 0 Å². The van der Waals surface area contributed by atoms with E-state index >= 15 is 0 Å². The Labute approximate surface area is 233 Å². The number of ether oxygens (including phenoxy) is 1. The van der Waals surface area contributed by atoms with Crippen molar-refractivity contribution in [2.75, 3.05) is 11.4 Å². The molecule has 2 aliphatic heterocycles. The minimum atomic E-state index is -5.01. The second kappa shape index (κ2) is 11.2. The van der Waals surface area contributed by atoms with Gasteiger partial charge in [0.25, 0.3) is 17.6 Å². The Morgan fingerprint density at radius 3 is 2.31 bits per heavy atom. The van der Waals surface area contributed by atoms with Crippen LogP contribution in [0.4, 0.5) is 19.0 Å². The predicted octanol–water partition coefficient (Wildman–Crippen LogP) is 4.72. The molecular formula is C26H27Cl2F3N4O4. The molecule has 2 bridgehead atoms. The number of benzene rings is 1. The third-order valence-electron chi connectivity index (χ3n) is 6.87. The molecule has 1 aromatic heterocycles. The zero-order valence-corrected chi connectivity index (χ0v) is 22.7. The number of halogens is 5. The lowest BCUT2D eigenvalue weighted by molar-refractivity contribution is -0.169. The van der Waals surface area contributed by atoms with Crippen LogP contribution in [0.25, 0.3) is 0 Å². The number of nitrogens with zero attached hydrogens (tertiary/aromatic N) is 2. The molecular weight excluding hydrogens is 560 g/mol. The number of carbonyl (C=O) groups excluding carboxylic acids is 3. The number of piperidine rings is 1. The fraction of sp³-hybridized carbons (Fsp3) is 0.462. The largest absolute Gasteiger partial charge is 0.476 e. The Morgan fingerprint density at radius 2 is 1.74 bits per heavy atom. The maximum atomic E-state index is 13.1. The first-order valence-electron chi connectivity index (χ1n) is 12.3. The second-order valence-electron chi connectivity index (χ2n) is 10.1. The summed E-state index contributed by atoms with van der Waals surface area (Å²) in [5, 5.41) is 5.83. The smallest absolute Gasteiger partial charge is 0.451 e. The van der Waals surface area contributed by atoms with Crippen LogP contribution < -0.4 is 20.3 Å². The van der Waals surface area contributed by atoms with Gasteiger partial charge in [0, 0.05) is 29.3 Å². The molecule has 39 heavy (non-hydrogen) atoms. The molecule has 1 unspecified atom stereocenters. The van der Waals surface area contributed by atoms with Gasteiger partial charge in [-0.05, 0) is 69.9 Å². The van der Waals surface area contributed by atoms with Crippen LogP contribution in [0, 0.1) is 0 Å². The Balaban J connectivity index is 1.34. The summed E-state index contributed by atoms with van der Waals surface area (Å²) in [5.74, 6) is -2.14. The van der Waals surface area contributed by atoms with Gasteiger partial charge in [-0.15, -0.1) is 0 Å². The molecule has 0 saturated carbocycles. The average Bonchev–Trinajstić information content (AvgIpc) is 3.13. The van der Waals surface area contributed by atoms with E-state index in [1.165, 1.54) is 12.3 Å². The maximum absolute atomic E-state index is 13.1. The highest BCUT2D eigenvalue weighted by Gasteiger charge is 2.43. The lowest BCUT2D eigenvalue weighted by atomic mass is 9.96. The molecule has 1 aromatic carbocycles. The third-order valence-corrected chi connectivity index (χ3v) is 7.40. The molecule has 210 valence electrons. The summed E-state index contributed by atoms with van der Waals surface area (Å²) in [6, 6.07) is 8.03. The van der Waals surface area contributed by atoms with E-state index in [-0.39, 0.29) is 29.6 Å². The number of ketones is 1. The number of aromatic nitrogens is 1. The number of pyridine rings is 1. The maximum Gasteiger partial charge on any atom is 0.451 e. The van der Waals surface area contributed by atoms with Gasteiger partial charge in [-0.25, -0.2) is 4.98 Å². The van der Waals surface area contributed by atoms with E-state index in [0.29, 0.717) is 34.5 Å². The number of anilines is 1. The van der Waals surface area contributed by atoms with Gasteiger partial charge in [-0.1, -0.05) is 23.2 Å². The zero-order chi connectivity index (χ0) is 28.5. The van der Waals surface area contributed by atoms with Crippen LogP contribution in [0.15, 0.2) is 36.5 Å². The van der Waals surface area contributed by atoms with Gasteiger partial charge in [0.2, 0.25) is 0 Å². The van der Waals surface area contributed by atoms with Crippen molar-refractivity contribution >= 4 is 46.6 Å². The molecule has 3 atom stereocenters. The number of rotatable bonds is 8. The van der Waals surface area contributed by atoms with E-state index in [1.807, 2.05) is 5.32 Å². The highest BCUT2D eigenvalue weighted by Crippen LogP contribution is 2.39. The molecule has 8 nitrogen and oxygen atoms in total. The van der Waals surface area contributed by atoms with Gasteiger partial charge in [-0.3, -0.25) is 14.4 Å². The quantitative estimate of drug-likeness (QED) is 0.464. The van der Waals surface area contributed by atoms with Gasteiger partial charge in [0.1, 0.15) is 11.6 Å². The number of hydrogen-bond acceptors (Lipinski definition) is 6. The number of amides is 2. The molecule has 2 aliphatic rings. The van der Waals surface area contributed by atoms with Crippen LogP contribution in [-0.4, -0.2) is 59.0 Å². The molecule has 2 aromatic rings. The summed E-state index contributed by atoms with van der Waals surface area (Å²) in [6.45, 7) is 2.19. The number of fused-ring (bicyclic) bond motifs is 2. The number of alkyl halides is 3. The van der Waals surface area contributed by atoms with E-state index in [0.717, 1.165) is 12.8 Å². The summed E-state index contributed by atoms with van der Waals surface area (Å²) in [5.41, 5.74) is -1.14. The number of nitrogens with one attached hydrogen (secondary N) is 2. The molecule has 0 aliphatic carbocycles. The molecule has 0 spiro atoms. The van der Waals surface area contributed by atoms with E-state index in [9.17, 15) is 27.6 Å². The summed E-state index contributed by atoms with van der Waals surface area (Å²) in [7, 11) is 0. The van der Waals surface area contributed by atoms with E-state index in [4.69, 9.17) is 27.9 Å². The molecule has 0 radical (unpaired) electrons. The molecule has 4 rings (SSSR count). The lowest BCUT2D eigenvalue weighted by Crippen LogP contribution is -2.55. The standard InChI is InChI=1S/C26H27Cl2F3N4O4/c1-25(2,39-20-7-4-15(27)9-19(20)28)24(38)34-16-10-17-5-6-18(11-16)35(17)22-8-3-14(12-32-22)23(37)33-13-21(36)26(29,30)31/h3-4,7-9,12,16-18H,5-6,10-11,13H2,1-2H3,(H,33,37)(H,34,38)/t16?,17-,18+. The van der Waals surface area contributed by atoms with Crippen LogP contribution in [0.3, 0.4) is 0 Å². The first kappa shape index (κ1) is 28.9. The summed E-state index contributed by atoms with van der Waals surface area (Å²) >= 11 is 12.1. The third kappa shape index (κ3) is 6.75. The summed E-state index contributed by atoms with van der Waals surface area (Å²) in [6.07, 6.45) is -0.556. The molecule has 2 fully saturated rings. The predicted molar refractivity (Wildman–Crippen MR) is 139 cm³/mol. The van der Waals surface area contributed by atoms with Crippen LogP contribution in [-0.2, 0) is 9.59 Å². The number of carbonyl (C=O) groups is 3. The fourth-order valence-corrected chi connectivity index (χ4v) is 5.39. The Morgan fingerprint density at radius 1 is 1.08 bits per heavy atom. The Kier molecular flexibility index (Phi) is 8.32. The first-order valence-corrected chi connectivity index (χ1v) is 13.1. The lowest BCUT2D eigenvalue weighted by Gasteiger charge is -2.40. The highest BCUT2D eigenvalue weighted by molar-refractivity contribution is 6.35. The monoisotopic (exact) mass is 586 g/mol. The van der Waals surface area contributed by atoms with Crippen LogP contribution in [0.2, 0.25) is 10.0 Å². The SMILES string of the molecule is CC(C)(Oc1ccc(Cl)cc1Cl)C(=O)NC1C[C@H]2CC[C@@H](C1)N2c1ccc(C(=O)NCC(=O)C(F)(F)F)cn1. The molecule has 3 heterocycles. The fourth-order valence-electron chi connectivity index (χ4n) is 4.94. The van der Waals surface area contributed by atoms with Crippen molar-refractivity contribution in [3.8, 4) is 5.75 Å². The van der Waals surface area contributed by atoms with Crippen LogP contribution in [0.5, 0.6) is 5.75 Å². The van der Waals surface area contributed by atoms with Crippen molar-refractivity contribution < 1.29 is 32.3 Å². The van der Waals surface area contributed by atoms with E-state index in [2.05, 4.69) is 15.2 Å². The minimum Gasteiger partial charge on any atom is -0.476 e. The van der Waals surface area contributed by atoms with E-state index < -0.39 is 30.0 Å². The number of hydrogen-bond donors (Lipinski definition) is 2. The summed E-state index contributed by atoms with van der Waals surface area (Å²) < 4.78 is 43.0. The van der Waals surface area contributed by atoms with Gasteiger partial charge in [0.15, 0.2) is 5.60 Å². The average molecular weight is 587 g/mol. The van der Waals surface area contributed by atoms with Gasteiger partial charge < -0.3 is 20.3 Å². The molecule has 13 heteroatoms. The Hall–Kier alpha value is -3.05. The Bertz CT molecular complexity index is 1240. The first-order chi connectivity index (χ1) is 18.2. The normalized spacial score (nSPS) is 20.9. The second-order valence-corrected chi connectivity index (χ2v) is 11.0. The molecule has 2 saturated heterocycles. The van der Waals surface area contributed by atoms with Gasteiger partial charge in [-0.2, -0.15) is 13.2 Å². The molecule has 2 N–H and O–H groups in total. The van der Waals surface area contributed by atoms with Crippen molar-refractivity contribution in [2.45, 2.75) is 69.4 Å². The van der Waals surface area contributed by atoms with Gasteiger partial charge >= 0.3 is 6.18 Å². The summed E-state index contributed by atoms with van der Waals surface area (Å²) in [4.78, 5) is 42.7. The number of Topliss-reactive ketones (excluding diaryl/α,β-unsaturated/α-hetero) is 1. The zero-order valence-electron chi connectivity index (χ0n) is 21.1. The highest BCUT2D eigenvalue weighted by atomic mass is 35.5. The van der Waals surface area contributed by atoms with Gasteiger partial charge in [0.05, 0.1) is 17.1 Å². The van der Waals surface area contributed by atoms with Crippen molar-refractivity contribution in [1.29, 1.82) is 0 Å². The van der Waals surface area contributed by atoms with Crippen molar-refractivity contribution in [3.63, 3.8) is 0 Å². The van der Waals surface area contributed by atoms with E-state index in [1.54, 1.807) is 38.1 Å². The van der Waals surface area contributed by atoms with Crippen molar-refractivity contribution in [3.05, 3.63) is 52.1 Å². The van der Waals surface area contributed by atoms with Crippen LogP contribution >= 0.6 is 23.2 Å². The molecule has 2 amide bonds. The minimum absolute atomic E-state index is 0.0474. The van der Waals surface area contributed by atoms with Crippen molar-refractivity contribution in [1.82, 2.24) is 15.6 Å². The van der Waals surface area contributed by atoms with Crippen LogP contribution in [0.1, 0.15) is 49.9 Å². The topological polar surface area (TPSA) is 101 Å².